The van der Waals surface area contributed by atoms with Gasteiger partial charge in [-0.05, 0) is 99.4 Å². The Morgan fingerprint density at radius 2 is 0.812 bits per heavy atom. The van der Waals surface area contributed by atoms with Crippen molar-refractivity contribution < 1.29 is 0 Å². The van der Waals surface area contributed by atoms with E-state index >= 15 is 0 Å². The van der Waals surface area contributed by atoms with Gasteiger partial charge in [-0.15, -0.1) is 0 Å². The van der Waals surface area contributed by atoms with Crippen LogP contribution in [0.15, 0.2) is 243 Å². The summed E-state index contributed by atoms with van der Waals surface area (Å²) >= 11 is 0. The quantitative estimate of drug-likeness (QED) is 0.135. The van der Waals surface area contributed by atoms with E-state index in [4.69, 9.17) is 9.97 Å². The van der Waals surface area contributed by atoms with Crippen molar-refractivity contribution in [3.8, 4) is 67.2 Å². The topological polar surface area (TPSA) is 49.8 Å². The molecule has 0 bridgehead atoms. The lowest BCUT2D eigenvalue weighted by molar-refractivity contribution is 1.23. The lowest BCUT2D eigenvalue weighted by atomic mass is 9.92. The molecule has 0 amide bonds. The number of benzene rings is 10. The van der Waals surface area contributed by atoms with Gasteiger partial charge in [0.1, 0.15) is 0 Å². The van der Waals surface area contributed by atoms with E-state index in [1.165, 1.54) is 16.7 Å². The number of hydrogen-bond acceptors (Lipinski definition) is 4. The Hall–Kier alpha value is -8.60. The van der Waals surface area contributed by atoms with Crippen molar-refractivity contribution >= 4 is 44.4 Å². The third-order valence-electron chi connectivity index (χ3n) is 11.9. The first kappa shape index (κ1) is 38.3. The van der Waals surface area contributed by atoms with Crippen LogP contribution in [0.25, 0.3) is 88.8 Å². The molecule has 11 aromatic rings. The molecule has 4 heteroatoms. The molecule has 0 unspecified atom stereocenters. The van der Waals surface area contributed by atoms with Crippen LogP contribution in [-0.4, -0.2) is 9.97 Å². The largest absolute Gasteiger partial charge is 0.355 e. The zero-order chi connectivity index (χ0) is 42.7. The molecule has 1 heterocycles. The number of fused-ring (bicyclic) bond motifs is 3. The van der Waals surface area contributed by atoms with Gasteiger partial charge in [0.2, 0.25) is 0 Å². The second-order valence-electron chi connectivity index (χ2n) is 15.9. The summed E-state index contributed by atoms with van der Waals surface area (Å²) in [5.41, 5.74) is 17.2. The van der Waals surface area contributed by atoms with Gasteiger partial charge >= 0.3 is 0 Å². The van der Waals surface area contributed by atoms with Crippen molar-refractivity contribution in [1.29, 1.82) is 0 Å². The van der Waals surface area contributed by atoms with Gasteiger partial charge in [-0.3, -0.25) is 0 Å². The Morgan fingerprint density at radius 3 is 1.56 bits per heavy atom. The smallest absolute Gasteiger partial charge is 0.160 e. The minimum atomic E-state index is 0.688. The van der Waals surface area contributed by atoms with Crippen LogP contribution in [0.2, 0.25) is 0 Å². The molecule has 1 aromatic heterocycles. The molecule has 4 nitrogen and oxygen atoms in total. The Morgan fingerprint density at radius 1 is 0.281 bits per heavy atom. The van der Waals surface area contributed by atoms with Gasteiger partial charge in [-0.2, -0.15) is 0 Å². The minimum Gasteiger partial charge on any atom is -0.355 e. The molecule has 0 aliphatic carbocycles. The molecule has 0 aliphatic heterocycles. The van der Waals surface area contributed by atoms with E-state index in [9.17, 15) is 0 Å². The van der Waals surface area contributed by atoms with Crippen LogP contribution in [0, 0.1) is 0 Å². The Bertz CT molecular complexity index is 3420. The summed E-state index contributed by atoms with van der Waals surface area (Å²) < 4.78 is 0. The summed E-state index contributed by atoms with van der Waals surface area (Å²) in [6.07, 6.45) is 0. The fourth-order valence-corrected chi connectivity index (χ4v) is 8.69. The molecule has 0 spiro atoms. The van der Waals surface area contributed by atoms with Gasteiger partial charge in [0.25, 0.3) is 0 Å². The van der Waals surface area contributed by atoms with E-state index in [1.54, 1.807) is 0 Å². The molecule has 0 fully saturated rings. The highest BCUT2D eigenvalue weighted by Crippen LogP contribution is 2.40. The number of hydrogen-bond donors (Lipinski definition) is 2. The van der Waals surface area contributed by atoms with Crippen molar-refractivity contribution in [3.63, 3.8) is 0 Å². The first-order valence-electron chi connectivity index (χ1n) is 21.6. The van der Waals surface area contributed by atoms with Gasteiger partial charge in [0, 0.05) is 55.8 Å². The maximum Gasteiger partial charge on any atom is 0.160 e. The molecular weight excluding hydrogens is 777 g/mol. The second-order valence-corrected chi connectivity index (χ2v) is 15.9. The van der Waals surface area contributed by atoms with Gasteiger partial charge in [-0.25, -0.2) is 9.97 Å². The molecule has 0 saturated carbocycles. The predicted octanol–water partition coefficient (Wildman–Crippen LogP) is 16.3. The summed E-state index contributed by atoms with van der Waals surface area (Å²) in [7, 11) is 0. The number of aromatic nitrogens is 2. The van der Waals surface area contributed by atoms with E-state index in [1.807, 2.05) is 6.07 Å². The molecule has 0 saturated heterocycles. The molecule has 2 N–H and O–H groups in total. The van der Waals surface area contributed by atoms with E-state index in [2.05, 4.69) is 247 Å². The first-order valence-corrected chi connectivity index (χ1v) is 21.6. The van der Waals surface area contributed by atoms with E-state index < -0.39 is 0 Å². The number of nitrogens with zero attached hydrogens (tertiary/aromatic N) is 2. The fraction of sp³-hybridized carbons (Fsp3) is 0. The van der Waals surface area contributed by atoms with Crippen LogP contribution in [0.5, 0.6) is 0 Å². The number of rotatable bonds is 10. The predicted molar refractivity (Wildman–Crippen MR) is 269 cm³/mol. The maximum absolute atomic E-state index is 5.29. The molecule has 10 aromatic carbocycles. The Balaban J connectivity index is 0.891. The van der Waals surface area contributed by atoms with Crippen LogP contribution >= 0.6 is 0 Å². The standard InChI is InChI=1S/C60H42N4/c1-3-16-41(17-4-1)46-19-15-20-47(40-46)58-55-39-36-42-18-7-8-25-52(42)59(55)64-60(63-58)45-34-37-49(38-35-45)62-56-28-13-11-24-51(56)44-32-30-43(31-33-44)50-23-9-10-26-53(50)54-27-12-14-29-57(54)61-48-21-5-2-6-22-48/h1-40,61-62H. The third-order valence-corrected chi connectivity index (χ3v) is 11.9. The van der Waals surface area contributed by atoms with Crippen LogP contribution < -0.4 is 10.6 Å². The highest BCUT2D eigenvalue weighted by atomic mass is 14.9. The lowest BCUT2D eigenvalue weighted by Gasteiger charge is -2.16. The maximum atomic E-state index is 5.29. The van der Waals surface area contributed by atoms with E-state index in [-0.39, 0.29) is 0 Å². The summed E-state index contributed by atoms with van der Waals surface area (Å²) in [5.74, 6) is 0.688. The summed E-state index contributed by atoms with van der Waals surface area (Å²) in [4.78, 5) is 10.5. The van der Waals surface area contributed by atoms with Crippen LogP contribution in [0.4, 0.5) is 22.7 Å². The van der Waals surface area contributed by atoms with Gasteiger partial charge in [0.05, 0.1) is 11.2 Å². The average Bonchev–Trinajstić information content (AvgIpc) is 3.37. The molecule has 64 heavy (non-hydrogen) atoms. The minimum absolute atomic E-state index is 0.688. The molecule has 0 aliphatic rings. The van der Waals surface area contributed by atoms with Crippen molar-refractivity contribution in [2.75, 3.05) is 10.6 Å². The molecular formula is C60H42N4. The summed E-state index contributed by atoms with van der Waals surface area (Å²) in [5, 5.41) is 10.6. The van der Waals surface area contributed by atoms with Gasteiger partial charge < -0.3 is 10.6 Å². The zero-order valence-electron chi connectivity index (χ0n) is 35.0. The van der Waals surface area contributed by atoms with Crippen LogP contribution in [-0.2, 0) is 0 Å². The van der Waals surface area contributed by atoms with Crippen molar-refractivity contribution in [1.82, 2.24) is 9.97 Å². The second kappa shape index (κ2) is 17.0. The van der Waals surface area contributed by atoms with E-state index in [0.717, 1.165) is 89.1 Å². The van der Waals surface area contributed by atoms with Crippen LogP contribution in [0.3, 0.4) is 0 Å². The monoisotopic (exact) mass is 818 g/mol. The normalized spacial score (nSPS) is 11.1. The highest BCUT2D eigenvalue weighted by molar-refractivity contribution is 6.10. The molecule has 0 atom stereocenters. The van der Waals surface area contributed by atoms with Crippen LogP contribution in [0.1, 0.15) is 0 Å². The highest BCUT2D eigenvalue weighted by Gasteiger charge is 2.16. The SMILES string of the molecule is c1ccc(Nc2ccccc2-c2ccccc2-c2ccc(-c3ccccc3Nc3ccc(-c4nc(-c5cccc(-c6ccccc6)c5)c5ccc6ccccc6c5n4)cc3)cc2)cc1. The number of nitrogens with one attached hydrogen (secondary N) is 2. The first-order chi connectivity index (χ1) is 31.7. The van der Waals surface area contributed by atoms with Gasteiger partial charge in [-0.1, -0.05) is 182 Å². The average molecular weight is 819 g/mol. The Labute approximate surface area is 373 Å². The van der Waals surface area contributed by atoms with Gasteiger partial charge in [0.15, 0.2) is 5.82 Å². The lowest BCUT2D eigenvalue weighted by Crippen LogP contribution is -1.97. The van der Waals surface area contributed by atoms with Crippen molar-refractivity contribution in [2.45, 2.75) is 0 Å². The zero-order valence-corrected chi connectivity index (χ0v) is 35.0. The fourth-order valence-electron chi connectivity index (χ4n) is 8.69. The molecule has 302 valence electrons. The summed E-state index contributed by atoms with van der Waals surface area (Å²) in [6.45, 7) is 0. The summed E-state index contributed by atoms with van der Waals surface area (Å²) in [6, 6.07) is 85.2. The molecule has 0 radical (unpaired) electrons. The number of anilines is 4. The van der Waals surface area contributed by atoms with Crippen molar-refractivity contribution in [3.05, 3.63) is 243 Å². The Kier molecular flexibility index (Phi) is 10.2. The van der Waals surface area contributed by atoms with Crippen molar-refractivity contribution in [2.24, 2.45) is 0 Å². The third kappa shape index (κ3) is 7.65. The van der Waals surface area contributed by atoms with E-state index in [0.29, 0.717) is 5.82 Å². The number of para-hydroxylation sites is 3. The molecule has 11 rings (SSSR count).